The Bertz CT molecular complexity index is 357. The SMILES string of the molecule is NC1CCC(Cc2cccc(F)c2F)CC1. The third-order valence-electron chi connectivity index (χ3n) is 3.43. The van der Waals surface area contributed by atoms with E-state index in [1.807, 2.05) is 0 Å². The van der Waals surface area contributed by atoms with Gasteiger partial charge in [0.15, 0.2) is 11.6 Å². The smallest absolute Gasteiger partial charge is 0.162 e. The normalized spacial score (nSPS) is 25.7. The molecule has 0 saturated heterocycles. The number of hydrogen-bond donors (Lipinski definition) is 1. The van der Waals surface area contributed by atoms with Crippen LogP contribution in [0.4, 0.5) is 8.78 Å². The fourth-order valence-corrected chi connectivity index (χ4v) is 2.41. The van der Waals surface area contributed by atoms with Gasteiger partial charge in [-0.05, 0) is 49.7 Å². The molecule has 0 unspecified atom stereocenters. The van der Waals surface area contributed by atoms with E-state index >= 15 is 0 Å². The molecule has 1 aromatic rings. The van der Waals surface area contributed by atoms with Crippen LogP contribution in [0.1, 0.15) is 31.2 Å². The summed E-state index contributed by atoms with van der Waals surface area (Å²) in [4.78, 5) is 0. The van der Waals surface area contributed by atoms with Crippen molar-refractivity contribution in [2.45, 2.75) is 38.1 Å². The summed E-state index contributed by atoms with van der Waals surface area (Å²) in [5.41, 5.74) is 6.31. The largest absolute Gasteiger partial charge is 0.328 e. The second-order valence-electron chi connectivity index (χ2n) is 4.70. The fraction of sp³-hybridized carbons (Fsp3) is 0.538. The summed E-state index contributed by atoms with van der Waals surface area (Å²) in [6, 6.07) is 4.71. The van der Waals surface area contributed by atoms with Gasteiger partial charge in [0, 0.05) is 6.04 Å². The van der Waals surface area contributed by atoms with Crippen molar-refractivity contribution in [2.75, 3.05) is 0 Å². The molecular formula is C13H17F2N. The van der Waals surface area contributed by atoms with Gasteiger partial charge in [-0.2, -0.15) is 0 Å². The van der Waals surface area contributed by atoms with Crippen molar-refractivity contribution in [3.05, 3.63) is 35.4 Å². The lowest BCUT2D eigenvalue weighted by Crippen LogP contribution is -2.27. The van der Waals surface area contributed by atoms with Crippen LogP contribution in [0.25, 0.3) is 0 Å². The van der Waals surface area contributed by atoms with E-state index < -0.39 is 11.6 Å². The maximum atomic E-state index is 13.4. The number of hydrogen-bond acceptors (Lipinski definition) is 1. The zero-order valence-corrected chi connectivity index (χ0v) is 9.26. The maximum absolute atomic E-state index is 13.4. The monoisotopic (exact) mass is 225 g/mol. The average molecular weight is 225 g/mol. The van der Waals surface area contributed by atoms with E-state index in [0.717, 1.165) is 31.7 Å². The Kier molecular flexibility index (Phi) is 3.54. The minimum Gasteiger partial charge on any atom is -0.328 e. The molecule has 0 radical (unpaired) electrons. The third kappa shape index (κ3) is 2.59. The molecule has 1 fully saturated rings. The predicted molar refractivity (Wildman–Crippen MR) is 60.0 cm³/mol. The van der Waals surface area contributed by atoms with Crippen molar-refractivity contribution in [1.29, 1.82) is 0 Å². The van der Waals surface area contributed by atoms with Crippen molar-refractivity contribution in [3.63, 3.8) is 0 Å². The molecule has 16 heavy (non-hydrogen) atoms. The van der Waals surface area contributed by atoms with Crippen LogP contribution in [0.3, 0.4) is 0 Å². The maximum Gasteiger partial charge on any atom is 0.162 e. The summed E-state index contributed by atoms with van der Waals surface area (Å²) in [5.74, 6) is -0.974. The van der Waals surface area contributed by atoms with Gasteiger partial charge < -0.3 is 5.73 Å². The molecule has 2 rings (SSSR count). The lowest BCUT2D eigenvalue weighted by Gasteiger charge is -2.26. The van der Waals surface area contributed by atoms with Gasteiger partial charge in [0.2, 0.25) is 0 Å². The second-order valence-corrected chi connectivity index (χ2v) is 4.70. The zero-order valence-electron chi connectivity index (χ0n) is 9.26. The molecule has 0 amide bonds. The van der Waals surface area contributed by atoms with Gasteiger partial charge in [0.05, 0.1) is 0 Å². The van der Waals surface area contributed by atoms with E-state index in [4.69, 9.17) is 5.73 Å². The van der Waals surface area contributed by atoms with Crippen LogP contribution < -0.4 is 5.73 Å². The number of rotatable bonds is 2. The van der Waals surface area contributed by atoms with Crippen molar-refractivity contribution in [3.8, 4) is 0 Å². The highest BCUT2D eigenvalue weighted by molar-refractivity contribution is 5.19. The molecule has 1 aromatic carbocycles. The predicted octanol–water partition coefficient (Wildman–Crippen LogP) is 3.02. The first-order valence-corrected chi connectivity index (χ1v) is 5.85. The lowest BCUT2D eigenvalue weighted by atomic mass is 9.82. The van der Waals surface area contributed by atoms with Crippen molar-refractivity contribution in [1.82, 2.24) is 0 Å². The first kappa shape index (κ1) is 11.5. The van der Waals surface area contributed by atoms with E-state index in [0.29, 0.717) is 23.9 Å². The molecule has 0 bridgehead atoms. The summed E-state index contributed by atoms with van der Waals surface area (Å²) in [5, 5.41) is 0. The van der Waals surface area contributed by atoms with E-state index in [-0.39, 0.29) is 0 Å². The second kappa shape index (κ2) is 4.91. The summed E-state index contributed by atoms with van der Waals surface area (Å²) >= 11 is 0. The summed E-state index contributed by atoms with van der Waals surface area (Å²) in [6.07, 6.45) is 4.69. The Morgan fingerprint density at radius 3 is 2.50 bits per heavy atom. The third-order valence-corrected chi connectivity index (χ3v) is 3.43. The van der Waals surface area contributed by atoms with Crippen LogP contribution in [0.15, 0.2) is 18.2 Å². The quantitative estimate of drug-likeness (QED) is 0.822. The Morgan fingerprint density at radius 2 is 1.81 bits per heavy atom. The van der Waals surface area contributed by atoms with Crippen LogP contribution in [0.2, 0.25) is 0 Å². The standard InChI is InChI=1S/C13H17F2N/c14-12-3-1-2-10(13(12)15)8-9-4-6-11(16)7-5-9/h1-3,9,11H,4-8,16H2. The molecule has 1 aliphatic rings. The lowest BCUT2D eigenvalue weighted by molar-refractivity contribution is 0.321. The highest BCUT2D eigenvalue weighted by Gasteiger charge is 2.20. The minimum absolute atomic E-state index is 0.300. The first-order chi connectivity index (χ1) is 7.66. The van der Waals surface area contributed by atoms with Gasteiger partial charge in [0.1, 0.15) is 0 Å². The van der Waals surface area contributed by atoms with Crippen LogP contribution in [0.5, 0.6) is 0 Å². The molecule has 2 N–H and O–H groups in total. The summed E-state index contributed by atoms with van der Waals surface area (Å²) < 4.78 is 26.4. The molecule has 1 aliphatic carbocycles. The topological polar surface area (TPSA) is 26.0 Å². The first-order valence-electron chi connectivity index (χ1n) is 5.85. The molecule has 0 atom stereocenters. The van der Waals surface area contributed by atoms with Crippen LogP contribution >= 0.6 is 0 Å². The summed E-state index contributed by atoms with van der Waals surface area (Å²) in [6.45, 7) is 0. The van der Waals surface area contributed by atoms with Gasteiger partial charge in [-0.25, -0.2) is 8.78 Å². The van der Waals surface area contributed by atoms with E-state index in [1.54, 1.807) is 12.1 Å². The molecule has 0 heterocycles. The van der Waals surface area contributed by atoms with Gasteiger partial charge in [-0.1, -0.05) is 12.1 Å². The number of benzene rings is 1. The zero-order chi connectivity index (χ0) is 11.5. The average Bonchev–Trinajstić information content (AvgIpc) is 2.28. The summed E-state index contributed by atoms with van der Waals surface area (Å²) in [7, 11) is 0. The minimum atomic E-state index is -0.745. The molecule has 0 aromatic heterocycles. The molecule has 1 saturated carbocycles. The van der Waals surface area contributed by atoms with Crippen LogP contribution in [0, 0.1) is 17.6 Å². The van der Waals surface area contributed by atoms with Gasteiger partial charge >= 0.3 is 0 Å². The van der Waals surface area contributed by atoms with Gasteiger partial charge in [-0.15, -0.1) is 0 Å². The Labute approximate surface area is 94.7 Å². The highest BCUT2D eigenvalue weighted by Crippen LogP contribution is 2.27. The van der Waals surface area contributed by atoms with Crippen LogP contribution in [-0.4, -0.2) is 6.04 Å². The molecule has 1 nitrogen and oxygen atoms in total. The van der Waals surface area contributed by atoms with E-state index in [9.17, 15) is 8.78 Å². The van der Waals surface area contributed by atoms with Crippen LogP contribution in [-0.2, 0) is 6.42 Å². The molecule has 0 spiro atoms. The van der Waals surface area contributed by atoms with Crippen molar-refractivity contribution >= 4 is 0 Å². The fourth-order valence-electron chi connectivity index (χ4n) is 2.41. The molecule has 3 heteroatoms. The van der Waals surface area contributed by atoms with Gasteiger partial charge in [-0.3, -0.25) is 0 Å². The number of halogens is 2. The molecule has 0 aliphatic heterocycles. The number of nitrogens with two attached hydrogens (primary N) is 1. The van der Waals surface area contributed by atoms with Gasteiger partial charge in [0.25, 0.3) is 0 Å². The van der Waals surface area contributed by atoms with Crippen molar-refractivity contribution in [2.24, 2.45) is 11.7 Å². The Morgan fingerprint density at radius 1 is 1.12 bits per heavy atom. The molecule has 88 valence electrons. The Hall–Kier alpha value is -0.960. The van der Waals surface area contributed by atoms with E-state index in [2.05, 4.69) is 0 Å². The Balaban J connectivity index is 2.01. The highest BCUT2D eigenvalue weighted by atomic mass is 19.2. The van der Waals surface area contributed by atoms with E-state index in [1.165, 1.54) is 0 Å². The van der Waals surface area contributed by atoms with Crippen molar-refractivity contribution < 1.29 is 8.78 Å². The molecular weight excluding hydrogens is 208 g/mol.